The van der Waals surface area contributed by atoms with Crippen LogP contribution in [0.4, 0.5) is 11.4 Å². The summed E-state index contributed by atoms with van der Waals surface area (Å²) in [6.45, 7) is 2.03. The number of pyridine rings is 1. The zero-order valence-corrected chi connectivity index (χ0v) is 24.1. The molecule has 2 aromatic heterocycles. The maximum Gasteiger partial charge on any atom is 0.269 e. The number of rotatable bonds is 7. The highest BCUT2D eigenvalue weighted by Crippen LogP contribution is 2.44. The van der Waals surface area contributed by atoms with Crippen LogP contribution >= 0.6 is 35.6 Å². The van der Waals surface area contributed by atoms with Crippen molar-refractivity contribution in [1.82, 2.24) is 10.3 Å². The van der Waals surface area contributed by atoms with Crippen molar-refractivity contribution in [2.45, 2.75) is 28.8 Å². The Morgan fingerprint density at radius 3 is 2.41 bits per heavy atom. The number of hydrogen-bond donors (Lipinski definition) is 1. The SMILES string of the molecule is Cc1ccc(Cl)cc1-c1ccc([C@H]2[C@H](c3ccccn3)NC(=S)N2c2ccc(Sc3ccc([N+](=O)[O-])cc3)cc2)o1. The maximum absolute atomic E-state index is 11.0. The molecule has 5 aromatic rings. The van der Waals surface area contributed by atoms with Crippen LogP contribution in [0.3, 0.4) is 0 Å². The van der Waals surface area contributed by atoms with E-state index in [-0.39, 0.29) is 17.8 Å². The summed E-state index contributed by atoms with van der Waals surface area (Å²) in [5.74, 6) is 1.47. The number of nitro benzene ring substituents is 1. The van der Waals surface area contributed by atoms with Crippen LogP contribution in [0.1, 0.15) is 29.1 Å². The van der Waals surface area contributed by atoms with Crippen molar-refractivity contribution in [1.29, 1.82) is 0 Å². The topological polar surface area (TPSA) is 84.4 Å². The van der Waals surface area contributed by atoms with Gasteiger partial charge in [0.2, 0.25) is 0 Å². The van der Waals surface area contributed by atoms with Crippen LogP contribution in [0.15, 0.2) is 117 Å². The minimum atomic E-state index is -0.400. The summed E-state index contributed by atoms with van der Waals surface area (Å²) < 4.78 is 6.49. The van der Waals surface area contributed by atoms with Crippen molar-refractivity contribution in [3.63, 3.8) is 0 Å². The summed E-state index contributed by atoms with van der Waals surface area (Å²) in [5.41, 5.74) is 3.82. The first-order valence-electron chi connectivity index (χ1n) is 12.8. The number of nitrogens with zero attached hydrogens (tertiary/aromatic N) is 3. The number of furan rings is 1. The van der Waals surface area contributed by atoms with Crippen LogP contribution in [0, 0.1) is 17.0 Å². The highest BCUT2D eigenvalue weighted by Gasteiger charge is 2.42. The third-order valence-electron chi connectivity index (χ3n) is 6.88. The number of aryl methyl sites for hydroxylation is 1. The smallest absolute Gasteiger partial charge is 0.269 e. The van der Waals surface area contributed by atoms with Gasteiger partial charge in [-0.3, -0.25) is 15.1 Å². The molecule has 0 amide bonds. The summed E-state index contributed by atoms with van der Waals surface area (Å²) in [4.78, 5) is 19.1. The fourth-order valence-corrected chi connectivity index (χ4v) is 6.22. The molecule has 1 N–H and O–H groups in total. The van der Waals surface area contributed by atoms with Crippen LogP contribution in [-0.4, -0.2) is 15.0 Å². The summed E-state index contributed by atoms with van der Waals surface area (Å²) in [7, 11) is 0. The molecule has 204 valence electrons. The van der Waals surface area contributed by atoms with Gasteiger partial charge in [-0.1, -0.05) is 35.5 Å². The third-order valence-corrected chi connectivity index (χ3v) is 8.44. The van der Waals surface area contributed by atoms with E-state index in [1.54, 1.807) is 18.3 Å². The lowest BCUT2D eigenvalue weighted by Gasteiger charge is -2.26. The van der Waals surface area contributed by atoms with Crippen LogP contribution in [0.2, 0.25) is 5.02 Å². The minimum absolute atomic E-state index is 0.0693. The Morgan fingerprint density at radius 2 is 1.73 bits per heavy atom. The van der Waals surface area contributed by atoms with Crippen LogP contribution < -0.4 is 10.2 Å². The van der Waals surface area contributed by atoms with Crippen LogP contribution in [0.5, 0.6) is 0 Å². The predicted molar refractivity (Wildman–Crippen MR) is 165 cm³/mol. The molecule has 0 radical (unpaired) electrons. The normalized spacial score (nSPS) is 16.5. The van der Waals surface area contributed by atoms with Gasteiger partial charge in [-0.2, -0.15) is 0 Å². The number of nitrogens with one attached hydrogen (secondary N) is 1. The summed E-state index contributed by atoms with van der Waals surface area (Å²) in [6.07, 6.45) is 1.77. The minimum Gasteiger partial charge on any atom is -0.459 e. The standard InChI is InChI=1S/C31H23ClN4O3S2/c1-19-5-6-20(32)18-25(19)27-15-16-28(39-27)30-29(26-4-2-3-17-33-26)34-31(40)35(30)21-7-11-23(12-8-21)41-24-13-9-22(10-14-24)36(37)38/h2-18,29-30H,1H3,(H,34,40)/t29-,30-/m0/s1. The molecular formula is C31H23ClN4O3S2. The average molecular weight is 599 g/mol. The van der Waals surface area contributed by atoms with E-state index in [4.69, 9.17) is 28.2 Å². The highest BCUT2D eigenvalue weighted by molar-refractivity contribution is 7.99. The molecule has 1 saturated heterocycles. The molecule has 2 atom stereocenters. The van der Waals surface area contributed by atoms with Crippen molar-refractivity contribution in [3.05, 3.63) is 135 Å². The molecule has 0 bridgehead atoms. The molecule has 3 heterocycles. The zero-order valence-electron chi connectivity index (χ0n) is 21.7. The number of anilines is 1. The largest absolute Gasteiger partial charge is 0.459 e. The molecular weight excluding hydrogens is 576 g/mol. The molecule has 10 heteroatoms. The lowest BCUT2D eigenvalue weighted by atomic mass is 10.0. The Kier molecular flexibility index (Phi) is 7.49. The third kappa shape index (κ3) is 5.56. The number of halogens is 1. The fraction of sp³-hybridized carbons (Fsp3) is 0.0968. The number of thiocarbonyl (C=S) groups is 1. The van der Waals surface area contributed by atoms with Gasteiger partial charge < -0.3 is 14.6 Å². The molecule has 6 rings (SSSR count). The van der Waals surface area contributed by atoms with Gasteiger partial charge in [0.15, 0.2) is 5.11 Å². The summed E-state index contributed by atoms with van der Waals surface area (Å²) in [5, 5.41) is 15.6. The van der Waals surface area contributed by atoms with E-state index >= 15 is 0 Å². The van der Waals surface area contributed by atoms with Crippen LogP contribution in [-0.2, 0) is 0 Å². The monoisotopic (exact) mass is 598 g/mol. The molecule has 41 heavy (non-hydrogen) atoms. The fourth-order valence-electron chi connectivity index (χ4n) is 4.88. The van der Waals surface area contributed by atoms with Crippen molar-refractivity contribution >= 4 is 52.1 Å². The van der Waals surface area contributed by atoms with Gasteiger partial charge in [0, 0.05) is 44.4 Å². The second-order valence-electron chi connectivity index (χ2n) is 9.50. The predicted octanol–water partition coefficient (Wildman–Crippen LogP) is 8.54. The lowest BCUT2D eigenvalue weighted by Crippen LogP contribution is -2.29. The van der Waals surface area contributed by atoms with E-state index in [9.17, 15) is 10.1 Å². The molecule has 1 aliphatic rings. The maximum atomic E-state index is 11.0. The van der Waals surface area contributed by atoms with Gasteiger partial charge in [0.05, 0.1) is 16.7 Å². The number of hydrogen-bond acceptors (Lipinski definition) is 6. The van der Waals surface area contributed by atoms with E-state index in [2.05, 4.69) is 15.2 Å². The number of aromatic nitrogens is 1. The summed E-state index contributed by atoms with van der Waals surface area (Å²) >= 11 is 13.7. The second kappa shape index (κ2) is 11.4. The van der Waals surface area contributed by atoms with Gasteiger partial charge in [0.25, 0.3) is 5.69 Å². The van der Waals surface area contributed by atoms with Gasteiger partial charge in [-0.05, 0) is 97.5 Å². The molecule has 0 saturated carbocycles. The van der Waals surface area contributed by atoms with Crippen molar-refractivity contribution in [2.24, 2.45) is 0 Å². The Balaban J connectivity index is 1.33. The van der Waals surface area contributed by atoms with Crippen molar-refractivity contribution in [3.8, 4) is 11.3 Å². The number of benzene rings is 3. The van der Waals surface area contributed by atoms with Crippen molar-refractivity contribution in [2.75, 3.05) is 4.90 Å². The van der Waals surface area contributed by atoms with E-state index in [0.717, 1.165) is 43.8 Å². The first-order valence-corrected chi connectivity index (χ1v) is 14.4. The second-order valence-corrected chi connectivity index (χ2v) is 11.5. The molecule has 1 fully saturated rings. The van der Waals surface area contributed by atoms with E-state index in [1.807, 2.05) is 79.7 Å². The average Bonchev–Trinajstić information content (AvgIpc) is 3.60. The summed E-state index contributed by atoms with van der Waals surface area (Å²) in [6, 6.07) is 29.6. The molecule has 7 nitrogen and oxygen atoms in total. The number of nitro groups is 1. The number of non-ortho nitro benzene ring substituents is 1. The molecule has 1 aliphatic heterocycles. The first kappa shape index (κ1) is 27.0. The van der Waals surface area contributed by atoms with E-state index < -0.39 is 4.92 Å². The zero-order chi connectivity index (χ0) is 28.5. The quantitative estimate of drug-likeness (QED) is 0.113. The van der Waals surface area contributed by atoms with Gasteiger partial charge in [-0.15, -0.1) is 0 Å². The van der Waals surface area contributed by atoms with E-state index in [1.165, 1.54) is 23.9 Å². The molecule has 0 unspecified atom stereocenters. The van der Waals surface area contributed by atoms with E-state index in [0.29, 0.717) is 10.1 Å². The Hall–Kier alpha value is -4.18. The molecule has 0 spiro atoms. The Bertz CT molecular complexity index is 1730. The Labute approximate surface area is 251 Å². The van der Waals surface area contributed by atoms with Gasteiger partial charge in [-0.25, -0.2) is 0 Å². The first-order chi connectivity index (χ1) is 19.9. The highest BCUT2D eigenvalue weighted by atomic mass is 35.5. The van der Waals surface area contributed by atoms with Crippen LogP contribution in [0.25, 0.3) is 11.3 Å². The molecule has 0 aliphatic carbocycles. The van der Waals surface area contributed by atoms with Crippen molar-refractivity contribution < 1.29 is 9.34 Å². The lowest BCUT2D eigenvalue weighted by molar-refractivity contribution is -0.384. The van der Waals surface area contributed by atoms with Gasteiger partial charge in [0.1, 0.15) is 17.6 Å². The molecule has 3 aromatic carbocycles. The van der Waals surface area contributed by atoms with Gasteiger partial charge >= 0.3 is 0 Å². The Morgan fingerprint density at radius 1 is 1.00 bits per heavy atom.